The lowest BCUT2D eigenvalue weighted by atomic mass is 10.2. The third-order valence-corrected chi connectivity index (χ3v) is 4.47. The van der Waals surface area contributed by atoms with Crippen LogP contribution in [-0.4, -0.2) is 38.8 Å². The summed E-state index contributed by atoms with van der Waals surface area (Å²) in [6.45, 7) is 1.60. The molecular formula is C10H15N3O4S. The third kappa shape index (κ3) is 2.44. The second-order valence-electron chi connectivity index (χ2n) is 3.93. The lowest BCUT2D eigenvalue weighted by Crippen LogP contribution is -2.23. The van der Waals surface area contributed by atoms with Crippen LogP contribution in [0.5, 0.6) is 0 Å². The number of sulfonamides is 1. The Labute approximate surface area is 106 Å². The molecule has 18 heavy (non-hydrogen) atoms. The van der Waals surface area contributed by atoms with E-state index in [9.17, 15) is 18.5 Å². The number of nitro groups is 1. The van der Waals surface area contributed by atoms with Crippen molar-refractivity contribution < 1.29 is 13.3 Å². The Bertz CT molecular complexity index is 581. The van der Waals surface area contributed by atoms with Crippen LogP contribution in [-0.2, 0) is 10.0 Å². The van der Waals surface area contributed by atoms with Crippen LogP contribution < -0.4 is 5.32 Å². The van der Waals surface area contributed by atoms with Gasteiger partial charge >= 0.3 is 0 Å². The van der Waals surface area contributed by atoms with Gasteiger partial charge in [-0.05, 0) is 18.6 Å². The second kappa shape index (κ2) is 4.91. The van der Waals surface area contributed by atoms with Crippen molar-refractivity contribution in [3.05, 3.63) is 27.8 Å². The average molecular weight is 273 g/mol. The van der Waals surface area contributed by atoms with Crippen LogP contribution in [0.2, 0.25) is 0 Å². The molecule has 0 aliphatic carbocycles. The van der Waals surface area contributed by atoms with Crippen molar-refractivity contribution in [1.29, 1.82) is 0 Å². The topological polar surface area (TPSA) is 92.6 Å². The summed E-state index contributed by atoms with van der Waals surface area (Å²) in [5, 5.41) is 13.6. The lowest BCUT2D eigenvalue weighted by molar-refractivity contribution is -0.384. The van der Waals surface area contributed by atoms with Gasteiger partial charge in [-0.3, -0.25) is 10.1 Å². The fourth-order valence-electron chi connectivity index (χ4n) is 1.50. The molecule has 1 N–H and O–H groups in total. The molecule has 0 saturated carbocycles. The molecule has 8 heteroatoms. The van der Waals surface area contributed by atoms with E-state index in [1.807, 2.05) is 0 Å². The van der Waals surface area contributed by atoms with Gasteiger partial charge in [-0.15, -0.1) is 0 Å². The first-order valence-corrected chi connectivity index (χ1v) is 6.55. The summed E-state index contributed by atoms with van der Waals surface area (Å²) in [7, 11) is 0.619. The van der Waals surface area contributed by atoms with Crippen molar-refractivity contribution in [3.8, 4) is 0 Å². The summed E-state index contributed by atoms with van der Waals surface area (Å²) >= 11 is 0. The average Bonchev–Trinajstić information content (AvgIpc) is 2.27. The SMILES string of the molecule is CNc1cc(C)c(S(=O)(=O)N(C)C)cc1[N+](=O)[O-]. The molecule has 100 valence electrons. The van der Waals surface area contributed by atoms with E-state index in [-0.39, 0.29) is 16.3 Å². The number of rotatable bonds is 4. The predicted octanol–water partition coefficient (Wildman–Crippen LogP) is 1.20. The van der Waals surface area contributed by atoms with Gasteiger partial charge in [0, 0.05) is 27.2 Å². The molecule has 1 aromatic rings. The van der Waals surface area contributed by atoms with Crippen LogP contribution in [0.3, 0.4) is 0 Å². The number of nitrogens with one attached hydrogen (secondary N) is 1. The Hall–Kier alpha value is -1.67. The van der Waals surface area contributed by atoms with Crippen LogP contribution in [0.4, 0.5) is 11.4 Å². The molecule has 0 fully saturated rings. The van der Waals surface area contributed by atoms with Crippen molar-refractivity contribution in [3.63, 3.8) is 0 Å². The maximum Gasteiger partial charge on any atom is 0.293 e. The number of aryl methyl sites for hydroxylation is 1. The molecule has 7 nitrogen and oxygen atoms in total. The Morgan fingerprint density at radius 2 is 1.89 bits per heavy atom. The van der Waals surface area contributed by atoms with Gasteiger partial charge in [-0.2, -0.15) is 0 Å². The molecule has 0 unspecified atom stereocenters. The molecule has 0 atom stereocenters. The Morgan fingerprint density at radius 1 is 1.33 bits per heavy atom. The first-order chi connectivity index (χ1) is 8.21. The van der Waals surface area contributed by atoms with Gasteiger partial charge < -0.3 is 5.32 Å². The van der Waals surface area contributed by atoms with E-state index in [1.165, 1.54) is 20.2 Å². The van der Waals surface area contributed by atoms with E-state index in [1.54, 1.807) is 14.0 Å². The maximum absolute atomic E-state index is 12.0. The van der Waals surface area contributed by atoms with Gasteiger partial charge in [-0.25, -0.2) is 12.7 Å². The van der Waals surface area contributed by atoms with E-state index in [0.717, 1.165) is 10.4 Å². The largest absolute Gasteiger partial charge is 0.383 e. The van der Waals surface area contributed by atoms with Crippen molar-refractivity contribution in [2.75, 3.05) is 26.5 Å². The van der Waals surface area contributed by atoms with Gasteiger partial charge in [0.05, 0.1) is 9.82 Å². The standard InChI is InChI=1S/C10H15N3O4S/c1-7-5-8(11-2)9(13(14)15)6-10(7)18(16,17)12(3)4/h5-6,11H,1-4H3. The highest BCUT2D eigenvalue weighted by atomic mass is 32.2. The predicted molar refractivity (Wildman–Crippen MR) is 68.3 cm³/mol. The highest BCUT2D eigenvalue weighted by Crippen LogP contribution is 2.31. The van der Waals surface area contributed by atoms with Crippen molar-refractivity contribution in [1.82, 2.24) is 4.31 Å². The number of nitro benzene ring substituents is 1. The van der Waals surface area contributed by atoms with Gasteiger partial charge in [0.2, 0.25) is 10.0 Å². The van der Waals surface area contributed by atoms with Crippen LogP contribution in [0.25, 0.3) is 0 Å². The molecule has 0 aromatic heterocycles. The van der Waals surface area contributed by atoms with Crippen LogP contribution in [0.1, 0.15) is 5.56 Å². The zero-order valence-corrected chi connectivity index (χ0v) is 11.4. The summed E-state index contributed by atoms with van der Waals surface area (Å²) in [5.41, 5.74) is 0.484. The molecule has 0 bridgehead atoms. The zero-order valence-electron chi connectivity index (χ0n) is 10.6. The lowest BCUT2D eigenvalue weighted by Gasteiger charge is -2.14. The smallest absolute Gasteiger partial charge is 0.293 e. The summed E-state index contributed by atoms with van der Waals surface area (Å²) < 4.78 is 25.0. The first-order valence-electron chi connectivity index (χ1n) is 5.11. The highest BCUT2D eigenvalue weighted by Gasteiger charge is 2.25. The summed E-state index contributed by atoms with van der Waals surface area (Å²) in [5.74, 6) is 0. The number of hydrogen-bond donors (Lipinski definition) is 1. The molecule has 0 heterocycles. The monoisotopic (exact) mass is 273 g/mol. The summed E-state index contributed by atoms with van der Waals surface area (Å²) in [6, 6.07) is 2.53. The number of anilines is 1. The van der Waals surface area contributed by atoms with Crippen molar-refractivity contribution >= 4 is 21.4 Å². The minimum atomic E-state index is -3.69. The quantitative estimate of drug-likeness (QED) is 0.657. The zero-order chi connectivity index (χ0) is 14.1. The molecule has 0 saturated heterocycles. The summed E-state index contributed by atoms with van der Waals surface area (Å²) in [4.78, 5) is 10.2. The molecule has 0 spiro atoms. The minimum Gasteiger partial charge on any atom is -0.383 e. The van der Waals surface area contributed by atoms with E-state index in [4.69, 9.17) is 0 Å². The highest BCUT2D eigenvalue weighted by molar-refractivity contribution is 7.89. The molecule has 0 aliphatic heterocycles. The van der Waals surface area contributed by atoms with Gasteiger partial charge in [0.15, 0.2) is 0 Å². The van der Waals surface area contributed by atoms with Crippen LogP contribution >= 0.6 is 0 Å². The Balaban J connectivity index is 3.59. The maximum atomic E-state index is 12.0. The minimum absolute atomic E-state index is 0.0572. The normalized spacial score (nSPS) is 11.6. The molecular weight excluding hydrogens is 258 g/mol. The number of benzene rings is 1. The number of hydrogen-bond acceptors (Lipinski definition) is 5. The molecule has 1 rings (SSSR count). The first kappa shape index (κ1) is 14.4. The van der Waals surface area contributed by atoms with E-state index < -0.39 is 14.9 Å². The van der Waals surface area contributed by atoms with E-state index in [2.05, 4.69) is 5.32 Å². The van der Waals surface area contributed by atoms with Crippen LogP contribution in [0.15, 0.2) is 17.0 Å². The Kier molecular flexibility index (Phi) is 3.92. The third-order valence-electron chi connectivity index (χ3n) is 2.52. The Morgan fingerprint density at radius 3 is 2.28 bits per heavy atom. The fourth-order valence-corrected chi connectivity index (χ4v) is 2.62. The second-order valence-corrected chi connectivity index (χ2v) is 6.05. The van der Waals surface area contributed by atoms with Crippen LogP contribution in [0, 0.1) is 17.0 Å². The number of nitrogens with zero attached hydrogens (tertiary/aromatic N) is 2. The summed E-state index contributed by atoms with van der Waals surface area (Å²) in [6.07, 6.45) is 0. The van der Waals surface area contributed by atoms with E-state index in [0.29, 0.717) is 5.56 Å². The molecule has 1 aromatic carbocycles. The van der Waals surface area contributed by atoms with E-state index >= 15 is 0 Å². The molecule has 0 amide bonds. The fraction of sp³-hybridized carbons (Fsp3) is 0.400. The van der Waals surface area contributed by atoms with Crippen molar-refractivity contribution in [2.45, 2.75) is 11.8 Å². The van der Waals surface area contributed by atoms with Gasteiger partial charge in [0.25, 0.3) is 5.69 Å². The molecule has 0 radical (unpaired) electrons. The van der Waals surface area contributed by atoms with Gasteiger partial charge in [0.1, 0.15) is 5.69 Å². The van der Waals surface area contributed by atoms with Gasteiger partial charge in [-0.1, -0.05) is 0 Å². The molecule has 0 aliphatic rings. The van der Waals surface area contributed by atoms with Crippen molar-refractivity contribution in [2.24, 2.45) is 0 Å².